The van der Waals surface area contributed by atoms with Gasteiger partial charge >= 0.3 is 5.97 Å². The smallest absolute Gasteiger partial charge is 0.326 e. The highest BCUT2D eigenvalue weighted by atomic mass is 35.5. The molecule has 1 aliphatic rings. The molecule has 1 saturated heterocycles. The van der Waals surface area contributed by atoms with Crippen molar-refractivity contribution in [2.45, 2.75) is 115 Å². The van der Waals surface area contributed by atoms with Crippen LogP contribution in [-0.2, 0) is 57.6 Å². The summed E-state index contributed by atoms with van der Waals surface area (Å²) in [4.78, 5) is 122. The third kappa shape index (κ3) is 17.5. The molecule has 392 valence electrons. The second-order valence-corrected chi connectivity index (χ2v) is 18.6. The van der Waals surface area contributed by atoms with E-state index in [-0.39, 0.29) is 68.5 Å². The highest BCUT2D eigenvalue weighted by Gasteiger charge is 2.41. The molecule has 1 aliphatic heterocycles. The quantitative estimate of drug-likeness (QED) is 0.0257. The number of phenolic OH excluding ortho intramolecular Hbond substituents is 1. The fourth-order valence-corrected chi connectivity index (χ4v) is 8.24. The van der Waals surface area contributed by atoms with E-state index >= 15 is 0 Å². The summed E-state index contributed by atoms with van der Waals surface area (Å²) in [5.41, 5.74) is 12.4. The van der Waals surface area contributed by atoms with Crippen molar-refractivity contribution in [2.75, 3.05) is 26.7 Å². The number of imidazole rings is 1. The number of halogens is 1. The van der Waals surface area contributed by atoms with Gasteiger partial charge in [-0.25, -0.2) is 9.78 Å². The van der Waals surface area contributed by atoms with Crippen LogP contribution in [0.5, 0.6) is 5.75 Å². The first-order valence-electron chi connectivity index (χ1n) is 23.7. The van der Waals surface area contributed by atoms with Crippen LogP contribution in [0.1, 0.15) is 70.2 Å². The number of nitrogens with two attached hydrogens (primary N) is 2. The van der Waals surface area contributed by atoms with E-state index in [1.54, 1.807) is 65.1 Å². The number of nitrogens with zero attached hydrogens (tertiary/aromatic N) is 3. The van der Waals surface area contributed by atoms with Gasteiger partial charge in [-0.3, -0.25) is 38.6 Å². The summed E-state index contributed by atoms with van der Waals surface area (Å²) < 4.78 is 0. The number of aliphatic imine (C=N–C) groups is 1. The Morgan fingerprint density at radius 1 is 0.792 bits per heavy atom. The van der Waals surface area contributed by atoms with E-state index in [1.807, 2.05) is 0 Å². The molecule has 0 radical (unpaired) electrons. The standard InChI is InChI=1S/C48H68ClN13O10/c1-26(2)39(60-41(65)32(56-38(64)24-52-5)13-9-17-54-48(50)51)44(68)57-33(21-29-15-16-37(63)31(49)19-29)42(66)61-40(27(3)4)45(69)58-34(22-30-23-53-25-55-30)46(70)62-18-10-14-36(62)43(67)59-35(47(71)72)20-28-11-7-6-8-12-28/h6-8,11-12,15-16,19,23,25-27,32-36,39-40,52,63H,9-10,13-14,17-18,20-22,24H2,1-5H3,(H,53,55)(H,56,64)(H,57,68)(H,58,69)(H,59,67)(H,60,65)(H,61,66)(H,71,72)(H4,50,51,54)/t32-,33-,34-,35-,36+,39-,40-/m0/s1. The van der Waals surface area contributed by atoms with Crippen molar-refractivity contribution in [3.8, 4) is 5.75 Å². The molecule has 0 spiro atoms. The number of carboxylic acids is 1. The van der Waals surface area contributed by atoms with E-state index in [2.05, 4.69) is 52.2 Å². The van der Waals surface area contributed by atoms with Crippen molar-refractivity contribution in [1.82, 2.24) is 52.1 Å². The van der Waals surface area contributed by atoms with Gasteiger partial charge in [-0.2, -0.15) is 0 Å². The molecule has 7 atom stereocenters. The Bertz CT molecular complexity index is 2370. The van der Waals surface area contributed by atoms with Crippen LogP contribution in [-0.4, -0.2) is 147 Å². The number of nitrogens with one attached hydrogen (secondary N) is 8. The maximum absolute atomic E-state index is 14.5. The van der Waals surface area contributed by atoms with Crippen LogP contribution in [0.2, 0.25) is 5.02 Å². The highest BCUT2D eigenvalue weighted by Crippen LogP contribution is 2.25. The molecule has 2 heterocycles. The molecule has 0 saturated carbocycles. The van der Waals surface area contributed by atoms with Gasteiger partial charge in [-0.15, -0.1) is 0 Å². The zero-order chi connectivity index (χ0) is 53.1. The van der Waals surface area contributed by atoms with Crippen molar-refractivity contribution >= 4 is 64.9 Å². The molecule has 3 aromatic rings. The number of hydrogen-bond acceptors (Lipinski definition) is 12. The number of guanidine groups is 1. The van der Waals surface area contributed by atoms with E-state index in [1.165, 1.54) is 35.6 Å². The Kier molecular flexibility index (Phi) is 22.2. The first-order valence-corrected chi connectivity index (χ1v) is 24.1. The number of likely N-dealkylation sites (N-methyl/N-ethyl adjacent to an activating group) is 1. The van der Waals surface area contributed by atoms with E-state index in [9.17, 15) is 48.6 Å². The molecule has 2 aromatic carbocycles. The predicted octanol–water partition coefficient (Wildman–Crippen LogP) is -0.634. The second kappa shape index (κ2) is 27.9. The van der Waals surface area contributed by atoms with Gasteiger partial charge in [0.1, 0.15) is 48.0 Å². The number of likely N-dealkylation sites (tertiary alicyclic amines) is 1. The number of aromatic nitrogens is 2. The van der Waals surface area contributed by atoms with Gasteiger partial charge in [0.15, 0.2) is 5.96 Å². The Labute approximate surface area is 422 Å². The third-order valence-corrected chi connectivity index (χ3v) is 12.1. The van der Waals surface area contributed by atoms with Crippen molar-refractivity contribution in [2.24, 2.45) is 28.3 Å². The molecular formula is C48H68ClN13O10. The summed E-state index contributed by atoms with van der Waals surface area (Å²) >= 11 is 6.23. The minimum atomic E-state index is -1.42. The summed E-state index contributed by atoms with van der Waals surface area (Å²) in [6.45, 7) is 6.87. The lowest BCUT2D eigenvalue weighted by Crippen LogP contribution is -2.61. The first-order chi connectivity index (χ1) is 34.2. The lowest BCUT2D eigenvalue weighted by Gasteiger charge is -2.31. The fraction of sp³-hybridized carbons (Fsp3) is 0.500. The number of rotatable bonds is 27. The zero-order valence-electron chi connectivity index (χ0n) is 41.1. The Morgan fingerprint density at radius 3 is 1.99 bits per heavy atom. The van der Waals surface area contributed by atoms with Gasteiger partial charge in [-0.05, 0) is 67.8 Å². The molecule has 23 nitrogen and oxygen atoms in total. The number of aromatic hydroxyl groups is 1. The number of H-pyrrole nitrogens is 1. The SMILES string of the molecule is CNCC(=O)N[C@@H](CCCN=C(N)N)C(=O)N[C@H](C(=O)N[C@@H](Cc1ccc(O)c(Cl)c1)C(=O)N[C@H](C(=O)N[C@@H](Cc1cnc[nH]1)C(=O)N1CCC[C@@H]1C(=O)N[C@@H](Cc1ccccc1)C(=O)O)C(C)C)C(C)C. The van der Waals surface area contributed by atoms with Gasteiger partial charge in [0.05, 0.1) is 17.9 Å². The van der Waals surface area contributed by atoms with E-state index in [0.717, 1.165) is 0 Å². The lowest BCUT2D eigenvalue weighted by atomic mass is 9.98. The Morgan fingerprint density at radius 2 is 1.42 bits per heavy atom. The molecular weight excluding hydrogens is 954 g/mol. The van der Waals surface area contributed by atoms with E-state index in [0.29, 0.717) is 29.7 Å². The van der Waals surface area contributed by atoms with Gasteiger partial charge in [0, 0.05) is 44.2 Å². The summed E-state index contributed by atoms with van der Waals surface area (Å²) in [5, 5.41) is 39.0. The predicted molar refractivity (Wildman–Crippen MR) is 267 cm³/mol. The number of aliphatic carboxylic acids is 1. The minimum absolute atomic E-state index is 0.00783. The molecule has 7 amide bonds. The number of carbonyl (C=O) groups excluding carboxylic acids is 7. The highest BCUT2D eigenvalue weighted by molar-refractivity contribution is 6.32. The number of hydrogen-bond donors (Lipinski definition) is 12. The van der Waals surface area contributed by atoms with Crippen LogP contribution in [0, 0.1) is 11.8 Å². The first kappa shape index (κ1) is 57.3. The molecule has 24 heteroatoms. The largest absolute Gasteiger partial charge is 0.506 e. The van der Waals surface area contributed by atoms with Crippen LogP contribution in [0.25, 0.3) is 0 Å². The molecule has 0 bridgehead atoms. The molecule has 72 heavy (non-hydrogen) atoms. The summed E-state index contributed by atoms with van der Waals surface area (Å²) in [5.74, 6) is -7.64. The molecule has 14 N–H and O–H groups in total. The molecule has 1 aromatic heterocycles. The number of aromatic amines is 1. The number of carbonyl (C=O) groups is 8. The van der Waals surface area contributed by atoms with E-state index in [4.69, 9.17) is 23.1 Å². The van der Waals surface area contributed by atoms with Crippen molar-refractivity contribution in [3.05, 3.63) is 82.9 Å². The summed E-state index contributed by atoms with van der Waals surface area (Å²) in [7, 11) is 1.56. The van der Waals surface area contributed by atoms with Crippen LogP contribution < -0.4 is 48.7 Å². The monoisotopic (exact) mass is 1020 g/mol. The Balaban J connectivity index is 1.58. The normalized spacial score (nSPS) is 15.8. The van der Waals surface area contributed by atoms with Crippen LogP contribution in [0.3, 0.4) is 0 Å². The minimum Gasteiger partial charge on any atom is -0.506 e. The third-order valence-electron chi connectivity index (χ3n) is 11.8. The number of amides is 7. The van der Waals surface area contributed by atoms with Crippen molar-refractivity contribution < 1.29 is 48.6 Å². The van der Waals surface area contributed by atoms with E-state index < -0.39 is 101 Å². The van der Waals surface area contributed by atoms with Crippen LogP contribution in [0.4, 0.5) is 0 Å². The molecule has 0 aliphatic carbocycles. The summed E-state index contributed by atoms with van der Waals surface area (Å²) in [6, 6.07) is 4.28. The molecule has 0 unspecified atom stereocenters. The van der Waals surface area contributed by atoms with Crippen molar-refractivity contribution in [1.29, 1.82) is 0 Å². The lowest BCUT2D eigenvalue weighted by molar-refractivity contribution is -0.145. The number of carboxylic acid groups (broad SMARTS) is 1. The summed E-state index contributed by atoms with van der Waals surface area (Å²) in [6.07, 6.45) is 3.63. The van der Waals surface area contributed by atoms with Gasteiger partial charge in [0.2, 0.25) is 41.4 Å². The van der Waals surface area contributed by atoms with Crippen LogP contribution in [0.15, 0.2) is 66.0 Å². The average Bonchev–Trinajstić information content (AvgIpc) is 4.04. The fourth-order valence-electron chi connectivity index (χ4n) is 8.04. The topological polar surface area (TPSA) is 358 Å². The van der Waals surface area contributed by atoms with Crippen LogP contribution >= 0.6 is 11.6 Å². The van der Waals surface area contributed by atoms with Gasteiger partial charge in [0.25, 0.3) is 0 Å². The Hall–Kier alpha value is -7.27. The number of phenols is 1. The zero-order valence-corrected chi connectivity index (χ0v) is 41.8. The van der Waals surface area contributed by atoms with Gasteiger partial charge < -0.3 is 68.8 Å². The molecule has 1 fully saturated rings. The average molecular weight is 1020 g/mol. The number of benzene rings is 2. The maximum atomic E-state index is 14.5. The molecule has 4 rings (SSSR count). The van der Waals surface area contributed by atoms with Crippen molar-refractivity contribution in [3.63, 3.8) is 0 Å². The second-order valence-electron chi connectivity index (χ2n) is 18.2. The van der Waals surface area contributed by atoms with Gasteiger partial charge in [-0.1, -0.05) is 75.7 Å². The maximum Gasteiger partial charge on any atom is 0.326 e.